The zero-order valence-corrected chi connectivity index (χ0v) is 23.4. The molecule has 216 valence electrons. The Bertz CT molecular complexity index is 1720. The number of carbonyl (C=O) groups is 2. The first kappa shape index (κ1) is 26.0. The SMILES string of the molecule is COc1cc([C@@H]2c3cc4c(cc3[C@H](OC(=O)c3nn(C)c5ccccc35)[C@H]3COC(=O)[C@H]23)OCO4)cc(OC)c1OC. The number of methoxy groups -OCH3 is 3. The van der Waals surface area contributed by atoms with E-state index in [-0.39, 0.29) is 25.1 Å². The molecule has 0 spiro atoms. The van der Waals surface area contributed by atoms with Crippen LogP contribution in [-0.4, -0.2) is 56.4 Å². The lowest BCUT2D eigenvalue weighted by Gasteiger charge is -2.38. The fraction of sp³-hybridized carbons (Fsp3) is 0.323. The van der Waals surface area contributed by atoms with Crippen LogP contribution in [0.1, 0.15) is 39.2 Å². The third-order valence-electron chi connectivity index (χ3n) is 8.35. The van der Waals surface area contributed by atoms with Gasteiger partial charge in [-0.15, -0.1) is 0 Å². The Morgan fingerprint density at radius 2 is 1.62 bits per heavy atom. The fourth-order valence-corrected chi connectivity index (χ4v) is 6.48. The van der Waals surface area contributed by atoms with Gasteiger partial charge in [-0.1, -0.05) is 18.2 Å². The number of hydrogen-bond acceptors (Lipinski definition) is 10. The predicted octanol–water partition coefficient (Wildman–Crippen LogP) is 4.16. The van der Waals surface area contributed by atoms with Crippen molar-refractivity contribution in [2.75, 3.05) is 34.7 Å². The Labute approximate surface area is 240 Å². The average molecular weight is 573 g/mol. The molecule has 1 fully saturated rings. The monoisotopic (exact) mass is 572 g/mol. The number of cyclic esters (lactones) is 1. The summed E-state index contributed by atoms with van der Waals surface area (Å²) in [5, 5.41) is 5.12. The van der Waals surface area contributed by atoms with Crippen LogP contribution in [0.3, 0.4) is 0 Å². The Hall–Kier alpha value is -4.93. The molecule has 7 rings (SSSR count). The smallest absolute Gasteiger partial charge is 0.360 e. The molecule has 0 saturated carbocycles. The van der Waals surface area contributed by atoms with Crippen LogP contribution in [0.2, 0.25) is 0 Å². The van der Waals surface area contributed by atoms with Crippen molar-refractivity contribution in [1.82, 2.24) is 9.78 Å². The second-order valence-electron chi connectivity index (χ2n) is 10.4. The number of rotatable bonds is 6. The Morgan fingerprint density at radius 3 is 2.31 bits per heavy atom. The standard InChI is InChI=1S/C31H28N2O9/c1-33-20-8-6-5-7-16(20)27(32-33)31(35)42-28-18-12-22-21(40-14-41-22)11-17(18)25(26-19(28)13-39-30(26)34)15-9-23(36-2)29(38-4)24(10-15)37-3/h5-12,19,25-26,28H,13-14H2,1-4H3/t19-,25+,26-,28-/m0/s1. The van der Waals surface area contributed by atoms with E-state index < -0.39 is 29.8 Å². The van der Waals surface area contributed by atoms with Gasteiger partial charge in [0.1, 0.15) is 6.10 Å². The van der Waals surface area contributed by atoms with Crippen LogP contribution in [0.15, 0.2) is 48.5 Å². The first-order valence-corrected chi connectivity index (χ1v) is 13.5. The molecule has 3 aromatic carbocycles. The molecular weight excluding hydrogens is 544 g/mol. The van der Waals surface area contributed by atoms with Gasteiger partial charge in [0.25, 0.3) is 0 Å². The summed E-state index contributed by atoms with van der Waals surface area (Å²) in [6.45, 7) is 0.144. The van der Waals surface area contributed by atoms with Gasteiger partial charge in [0.05, 0.1) is 39.4 Å². The molecule has 0 bridgehead atoms. The minimum atomic E-state index is -0.808. The van der Waals surface area contributed by atoms with E-state index >= 15 is 0 Å². The predicted molar refractivity (Wildman–Crippen MR) is 147 cm³/mol. The average Bonchev–Trinajstić information content (AvgIpc) is 3.72. The van der Waals surface area contributed by atoms with E-state index in [1.54, 1.807) is 11.7 Å². The van der Waals surface area contributed by atoms with Gasteiger partial charge in [-0.25, -0.2) is 4.79 Å². The first-order chi connectivity index (χ1) is 20.4. The van der Waals surface area contributed by atoms with E-state index in [2.05, 4.69) is 5.10 Å². The van der Waals surface area contributed by atoms with Crippen LogP contribution in [0, 0.1) is 11.8 Å². The molecule has 4 aromatic rings. The molecule has 0 N–H and O–H groups in total. The molecule has 0 amide bonds. The minimum absolute atomic E-state index is 0.0619. The van der Waals surface area contributed by atoms with Crippen LogP contribution in [0.5, 0.6) is 28.7 Å². The van der Waals surface area contributed by atoms with Crippen molar-refractivity contribution >= 4 is 22.8 Å². The van der Waals surface area contributed by atoms with Gasteiger partial charge < -0.3 is 33.2 Å². The number of aryl methyl sites for hydroxylation is 1. The molecule has 3 heterocycles. The number of aromatic nitrogens is 2. The highest BCUT2D eigenvalue weighted by atomic mass is 16.7. The van der Waals surface area contributed by atoms with Gasteiger partial charge in [0.2, 0.25) is 12.5 Å². The molecular formula is C31H28N2O9. The van der Waals surface area contributed by atoms with Crippen molar-refractivity contribution in [2.24, 2.45) is 18.9 Å². The molecule has 1 saturated heterocycles. The molecule has 1 aromatic heterocycles. The van der Waals surface area contributed by atoms with E-state index in [1.165, 1.54) is 21.3 Å². The lowest BCUT2D eigenvalue weighted by Crippen LogP contribution is -2.36. The van der Waals surface area contributed by atoms with E-state index in [0.717, 1.165) is 16.6 Å². The summed E-state index contributed by atoms with van der Waals surface area (Å²) in [7, 11) is 6.39. The number of benzene rings is 3. The number of hydrogen-bond donors (Lipinski definition) is 0. The quantitative estimate of drug-likeness (QED) is 0.312. The highest BCUT2D eigenvalue weighted by Gasteiger charge is 2.54. The minimum Gasteiger partial charge on any atom is -0.493 e. The summed E-state index contributed by atoms with van der Waals surface area (Å²) < 4.78 is 41.7. The number of nitrogens with zero attached hydrogens (tertiary/aromatic N) is 2. The Morgan fingerprint density at radius 1 is 0.929 bits per heavy atom. The molecule has 4 atom stereocenters. The van der Waals surface area contributed by atoms with Gasteiger partial charge in [0, 0.05) is 29.8 Å². The summed E-state index contributed by atoms with van der Waals surface area (Å²) >= 11 is 0. The van der Waals surface area contributed by atoms with Gasteiger partial charge in [-0.05, 0) is 41.5 Å². The second kappa shape index (κ2) is 9.86. The number of carbonyl (C=O) groups excluding carboxylic acids is 2. The highest BCUT2D eigenvalue weighted by molar-refractivity contribution is 6.02. The maximum absolute atomic E-state index is 13.7. The lowest BCUT2D eigenvalue weighted by molar-refractivity contribution is -0.141. The van der Waals surface area contributed by atoms with Crippen molar-refractivity contribution in [3.05, 3.63) is 70.9 Å². The third-order valence-corrected chi connectivity index (χ3v) is 8.35. The van der Waals surface area contributed by atoms with Gasteiger partial charge in [-0.2, -0.15) is 5.10 Å². The Kier molecular flexibility index (Phi) is 6.10. The van der Waals surface area contributed by atoms with Crippen LogP contribution < -0.4 is 23.7 Å². The number of fused-ring (bicyclic) bond motifs is 4. The van der Waals surface area contributed by atoms with E-state index in [9.17, 15) is 9.59 Å². The van der Waals surface area contributed by atoms with Crippen molar-refractivity contribution in [3.63, 3.8) is 0 Å². The molecule has 2 aliphatic heterocycles. The van der Waals surface area contributed by atoms with Gasteiger partial charge in [-0.3, -0.25) is 9.48 Å². The van der Waals surface area contributed by atoms with E-state index in [4.69, 9.17) is 33.2 Å². The topological polar surface area (TPSA) is 117 Å². The molecule has 1 aliphatic carbocycles. The maximum atomic E-state index is 13.7. The number of ether oxygens (including phenoxy) is 7. The van der Waals surface area contributed by atoms with Crippen molar-refractivity contribution < 1.29 is 42.7 Å². The van der Waals surface area contributed by atoms with Crippen molar-refractivity contribution in [3.8, 4) is 28.7 Å². The summed E-state index contributed by atoms with van der Waals surface area (Å²) in [5.41, 5.74) is 3.20. The van der Waals surface area contributed by atoms with Crippen LogP contribution >= 0.6 is 0 Å². The molecule has 11 nitrogen and oxygen atoms in total. The number of esters is 2. The molecule has 42 heavy (non-hydrogen) atoms. The largest absolute Gasteiger partial charge is 0.493 e. The highest BCUT2D eigenvalue weighted by Crippen LogP contribution is 2.56. The summed E-state index contributed by atoms with van der Waals surface area (Å²) in [6.07, 6.45) is -0.808. The van der Waals surface area contributed by atoms with Crippen LogP contribution in [-0.2, 0) is 21.3 Å². The maximum Gasteiger partial charge on any atom is 0.360 e. The van der Waals surface area contributed by atoms with Crippen molar-refractivity contribution in [1.29, 1.82) is 0 Å². The van der Waals surface area contributed by atoms with E-state index in [0.29, 0.717) is 39.7 Å². The summed E-state index contributed by atoms with van der Waals surface area (Å²) in [6, 6.07) is 14.8. The normalized spacial score (nSPS) is 21.9. The molecule has 11 heteroatoms. The van der Waals surface area contributed by atoms with E-state index in [1.807, 2.05) is 48.5 Å². The molecule has 0 radical (unpaired) electrons. The number of para-hydroxylation sites is 1. The Balaban J connectivity index is 1.38. The van der Waals surface area contributed by atoms with Gasteiger partial charge >= 0.3 is 11.9 Å². The lowest BCUT2D eigenvalue weighted by atomic mass is 9.66. The summed E-state index contributed by atoms with van der Waals surface area (Å²) in [5.74, 6) is -0.203. The second-order valence-corrected chi connectivity index (χ2v) is 10.4. The fourth-order valence-electron chi connectivity index (χ4n) is 6.48. The third kappa shape index (κ3) is 3.83. The van der Waals surface area contributed by atoms with Crippen molar-refractivity contribution in [2.45, 2.75) is 12.0 Å². The first-order valence-electron chi connectivity index (χ1n) is 13.5. The zero-order chi connectivity index (χ0) is 29.1. The summed E-state index contributed by atoms with van der Waals surface area (Å²) in [4.78, 5) is 27.1. The molecule has 0 unspecified atom stereocenters. The van der Waals surface area contributed by atoms with Gasteiger partial charge in [0.15, 0.2) is 28.7 Å². The van der Waals surface area contributed by atoms with Crippen LogP contribution in [0.4, 0.5) is 0 Å². The molecule has 3 aliphatic rings. The zero-order valence-electron chi connectivity index (χ0n) is 23.4. The van der Waals surface area contributed by atoms with Crippen LogP contribution in [0.25, 0.3) is 10.9 Å².